The van der Waals surface area contributed by atoms with Gasteiger partial charge in [-0.3, -0.25) is 4.99 Å². The van der Waals surface area contributed by atoms with E-state index < -0.39 is 0 Å². The van der Waals surface area contributed by atoms with E-state index >= 15 is 0 Å². The topological polar surface area (TPSA) is 38.4 Å². The molecule has 2 nitrogen and oxygen atoms in total. The van der Waals surface area contributed by atoms with Crippen molar-refractivity contribution in [1.82, 2.24) is 0 Å². The first-order chi connectivity index (χ1) is 4.72. The highest BCUT2D eigenvalue weighted by Crippen LogP contribution is 1.96. The molecule has 0 heterocycles. The van der Waals surface area contributed by atoms with Gasteiger partial charge in [-0.1, -0.05) is 20.4 Å². The van der Waals surface area contributed by atoms with Crippen molar-refractivity contribution >= 4 is 6.72 Å². The third-order valence-corrected chi connectivity index (χ3v) is 0.875. The molecule has 58 valence electrons. The third-order valence-electron chi connectivity index (χ3n) is 0.875. The van der Waals surface area contributed by atoms with E-state index in [1.54, 1.807) is 13.0 Å². The van der Waals surface area contributed by atoms with Crippen LogP contribution in [0.5, 0.6) is 0 Å². The normalized spacial score (nSPS) is 10.3. The Balaban J connectivity index is 0. The summed E-state index contributed by atoms with van der Waals surface area (Å²) >= 11 is 0. The molecule has 0 atom stereocenters. The van der Waals surface area contributed by atoms with Crippen molar-refractivity contribution in [3.63, 3.8) is 0 Å². The molecule has 0 spiro atoms. The average molecular weight is 140 g/mol. The molecule has 2 heteroatoms. The van der Waals surface area contributed by atoms with E-state index in [1.165, 1.54) is 0 Å². The minimum absolute atomic E-state index is 0.583. The van der Waals surface area contributed by atoms with Gasteiger partial charge in [-0.05, 0) is 19.7 Å². The summed E-state index contributed by atoms with van der Waals surface area (Å²) in [5.74, 6) is 0. The van der Waals surface area contributed by atoms with Crippen LogP contribution in [0, 0.1) is 0 Å². The van der Waals surface area contributed by atoms with E-state index in [2.05, 4.69) is 18.3 Å². The SMILES string of the molecule is C=C/C(N)=C(/C)N=C.CC. The lowest BCUT2D eigenvalue weighted by molar-refractivity contribution is 1.22. The zero-order chi connectivity index (χ0) is 8.57. The lowest BCUT2D eigenvalue weighted by Gasteiger charge is -1.92. The molecule has 0 saturated heterocycles. The molecule has 0 unspecified atom stereocenters. The summed E-state index contributed by atoms with van der Waals surface area (Å²) in [6, 6.07) is 0. The molecule has 0 aliphatic heterocycles. The maximum Gasteiger partial charge on any atom is 0.0594 e. The molecule has 0 aliphatic rings. The lowest BCUT2D eigenvalue weighted by Crippen LogP contribution is -1.94. The predicted molar refractivity (Wildman–Crippen MR) is 48.0 cm³/mol. The molecular formula is C8H16N2. The fraction of sp³-hybridized carbons (Fsp3) is 0.375. The average Bonchev–Trinajstić information content (AvgIpc) is 2.05. The highest BCUT2D eigenvalue weighted by Gasteiger charge is 1.84. The number of allylic oxidation sites excluding steroid dienone is 2. The Kier molecular flexibility index (Phi) is 9.31. The molecule has 0 bridgehead atoms. The Morgan fingerprint density at radius 3 is 2.00 bits per heavy atom. The van der Waals surface area contributed by atoms with Crippen LogP contribution in [0.2, 0.25) is 0 Å². The Morgan fingerprint density at radius 1 is 1.50 bits per heavy atom. The Labute approximate surface area is 63.2 Å². The van der Waals surface area contributed by atoms with Crippen molar-refractivity contribution in [2.45, 2.75) is 20.8 Å². The minimum atomic E-state index is 0.583. The van der Waals surface area contributed by atoms with Gasteiger partial charge in [0.2, 0.25) is 0 Å². The number of rotatable bonds is 2. The van der Waals surface area contributed by atoms with Crippen LogP contribution < -0.4 is 5.73 Å². The van der Waals surface area contributed by atoms with Gasteiger partial charge in [0.25, 0.3) is 0 Å². The van der Waals surface area contributed by atoms with Crippen LogP contribution >= 0.6 is 0 Å². The number of nitrogens with two attached hydrogens (primary N) is 1. The van der Waals surface area contributed by atoms with Crippen LogP contribution in [0.3, 0.4) is 0 Å². The molecule has 0 amide bonds. The number of nitrogens with zero attached hydrogens (tertiary/aromatic N) is 1. The molecule has 0 aromatic rings. The Hall–Kier alpha value is -1.05. The number of hydrogen-bond acceptors (Lipinski definition) is 2. The second-order valence-corrected chi connectivity index (χ2v) is 1.40. The first-order valence-corrected chi connectivity index (χ1v) is 3.28. The molecule has 0 aliphatic carbocycles. The quantitative estimate of drug-likeness (QED) is 0.463. The van der Waals surface area contributed by atoms with Gasteiger partial charge < -0.3 is 5.73 Å². The van der Waals surface area contributed by atoms with Gasteiger partial charge >= 0.3 is 0 Å². The first-order valence-electron chi connectivity index (χ1n) is 3.28. The molecule has 0 saturated carbocycles. The van der Waals surface area contributed by atoms with E-state index in [-0.39, 0.29) is 0 Å². The second kappa shape index (κ2) is 7.95. The van der Waals surface area contributed by atoms with Gasteiger partial charge in [-0.25, -0.2) is 0 Å². The summed E-state index contributed by atoms with van der Waals surface area (Å²) in [7, 11) is 0. The number of aliphatic imine (C=N–C) groups is 1. The van der Waals surface area contributed by atoms with Crippen molar-refractivity contribution in [3.8, 4) is 0 Å². The van der Waals surface area contributed by atoms with E-state index in [1.807, 2.05) is 13.8 Å². The maximum atomic E-state index is 5.35. The highest BCUT2D eigenvalue weighted by molar-refractivity contribution is 5.31. The summed E-state index contributed by atoms with van der Waals surface area (Å²) in [5.41, 5.74) is 6.66. The van der Waals surface area contributed by atoms with Crippen LogP contribution in [0.25, 0.3) is 0 Å². The third kappa shape index (κ3) is 5.09. The van der Waals surface area contributed by atoms with Gasteiger partial charge in [0.1, 0.15) is 0 Å². The van der Waals surface area contributed by atoms with Crippen LogP contribution in [-0.4, -0.2) is 6.72 Å². The summed E-state index contributed by atoms with van der Waals surface area (Å²) in [6.07, 6.45) is 1.55. The molecule has 0 aromatic heterocycles. The van der Waals surface area contributed by atoms with Crippen LogP contribution in [0.15, 0.2) is 29.0 Å². The van der Waals surface area contributed by atoms with Crippen molar-refractivity contribution in [1.29, 1.82) is 0 Å². The Morgan fingerprint density at radius 2 is 1.90 bits per heavy atom. The summed E-state index contributed by atoms with van der Waals surface area (Å²) < 4.78 is 0. The van der Waals surface area contributed by atoms with Crippen molar-refractivity contribution < 1.29 is 0 Å². The number of hydrogen-bond donors (Lipinski definition) is 1. The van der Waals surface area contributed by atoms with Gasteiger partial charge in [-0.2, -0.15) is 0 Å². The minimum Gasteiger partial charge on any atom is -0.397 e. The zero-order valence-corrected chi connectivity index (χ0v) is 7.02. The van der Waals surface area contributed by atoms with Crippen molar-refractivity contribution in [2.75, 3.05) is 0 Å². The second-order valence-electron chi connectivity index (χ2n) is 1.40. The highest BCUT2D eigenvalue weighted by atomic mass is 14.7. The standard InChI is InChI=1S/C6H10N2.C2H6/c1-4-6(7)5(2)8-3;1-2/h4H,1,3,7H2,2H3;1-2H3/b6-5+;. The predicted octanol–water partition coefficient (Wildman–Crippen LogP) is 2.09. The first kappa shape index (κ1) is 11.7. The molecule has 0 fully saturated rings. The summed E-state index contributed by atoms with van der Waals surface area (Å²) in [6.45, 7) is 12.5. The van der Waals surface area contributed by atoms with Gasteiger partial charge in [0.15, 0.2) is 0 Å². The largest absolute Gasteiger partial charge is 0.397 e. The van der Waals surface area contributed by atoms with Gasteiger partial charge in [0.05, 0.1) is 11.4 Å². The zero-order valence-electron chi connectivity index (χ0n) is 7.02. The van der Waals surface area contributed by atoms with Gasteiger partial charge in [-0.15, -0.1) is 0 Å². The fourth-order valence-electron chi connectivity index (χ4n) is 0.239. The molecule has 0 rings (SSSR count). The molecule has 10 heavy (non-hydrogen) atoms. The smallest absolute Gasteiger partial charge is 0.0594 e. The van der Waals surface area contributed by atoms with E-state index in [9.17, 15) is 0 Å². The molecule has 0 radical (unpaired) electrons. The van der Waals surface area contributed by atoms with Crippen LogP contribution in [0.1, 0.15) is 20.8 Å². The molecule has 2 N–H and O–H groups in total. The monoisotopic (exact) mass is 140 g/mol. The van der Waals surface area contributed by atoms with Crippen LogP contribution in [0.4, 0.5) is 0 Å². The summed E-state index contributed by atoms with van der Waals surface area (Å²) in [4.78, 5) is 3.59. The fourth-order valence-corrected chi connectivity index (χ4v) is 0.239. The molecule has 0 aromatic carbocycles. The van der Waals surface area contributed by atoms with Crippen molar-refractivity contribution in [3.05, 3.63) is 24.0 Å². The van der Waals surface area contributed by atoms with Crippen molar-refractivity contribution in [2.24, 2.45) is 10.7 Å². The molecular weight excluding hydrogens is 124 g/mol. The maximum absolute atomic E-state index is 5.35. The van der Waals surface area contributed by atoms with E-state index in [0.29, 0.717) is 5.70 Å². The van der Waals surface area contributed by atoms with E-state index in [0.717, 1.165) is 5.70 Å². The lowest BCUT2D eigenvalue weighted by atomic mass is 10.3. The Bertz CT molecular complexity index is 118. The summed E-state index contributed by atoms with van der Waals surface area (Å²) in [5, 5.41) is 0. The van der Waals surface area contributed by atoms with Crippen LogP contribution in [-0.2, 0) is 0 Å². The van der Waals surface area contributed by atoms with E-state index in [4.69, 9.17) is 5.73 Å². The van der Waals surface area contributed by atoms with Gasteiger partial charge in [0, 0.05) is 0 Å².